The highest BCUT2D eigenvalue weighted by molar-refractivity contribution is 7.89. The molecule has 1 fully saturated rings. The highest BCUT2D eigenvalue weighted by Gasteiger charge is 2.46. The van der Waals surface area contributed by atoms with Crippen molar-refractivity contribution in [3.63, 3.8) is 0 Å². The van der Waals surface area contributed by atoms with Crippen LogP contribution < -0.4 is 4.72 Å². The maximum absolute atomic E-state index is 13.0. The summed E-state index contributed by atoms with van der Waals surface area (Å²) in [6.45, 7) is 0. The quantitative estimate of drug-likeness (QED) is 0.925. The van der Waals surface area contributed by atoms with E-state index in [4.69, 9.17) is 0 Å². The van der Waals surface area contributed by atoms with Gasteiger partial charge in [-0.2, -0.15) is 18.3 Å². The lowest BCUT2D eigenvalue weighted by atomic mass is 10.0. The Kier molecular flexibility index (Phi) is 3.72. The van der Waals surface area contributed by atoms with Gasteiger partial charge in [0.2, 0.25) is 10.0 Å². The highest BCUT2D eigenvalue weighted by atomic mass is 32.2. The molecule has 2 atom stereocenters. The molecule has 5 nitrogen and oxygen atoms in total. The van der Waals surface area contributed by atoms with Crippen LogP contribution in [-0.2, 0) is 23.2 Å². The summed E-state index contributed by atoms with van der Waals surface area (Å²) in [5.41, 5.74) is -0.591. The molecule has 1 aliphatic carbocycles. The van der Waals surface area contributed by atoms with Crippen LogP contribution in [0, 0.1) is 0 Å². The molecule has 0 spiro atoms. The van der Waals surface area contributed by atoms with Gasteiger partial charge in [0.25, 0.3) is 0 Å². The Hall–Kier alpha value is -1.87. The first-order chi connectivity index (χ1) is 10.7. The van der Waals surface area contributed by atoms with Crippen LogP contribution in [0.3, 0.4) is 0 Å². The third-order valence-electron chi connectivity index (χ3n) is 3.75. The molecular formula is C14H14F3N3O2S. The second-order valence-electron chi connectivity index (χ2n) is 5.50. The summed E-state index contributed by atoms with van der Waals surface area (Å²) in [6, 6.07) is 4.72. The second kappa shape index (κ2) is 5.34. The minimum atomic E-state index is -4.45. The fourth-order valence-electron chi connectivity index (χ4n) is 2.55. The van der Waals surface area contributed by atoms with Crippen LogP contribution in [0.4, 0.5) is 13.2 Å². The lowest BCUT2D eigenvalue weighted by Crippen LogP contribution is -2.26. The van der Waals surface area contributed by atoms with E-state index in [0.717, 1.165) is 6.07 Å². The van der Waals surface area contributed by atoms with Crippen LogP contribution in [0.5, 0.6) is 0 Å². The molecule has 23 heavy (non-hydrogen) atoms. The third-order valence-corrected chi connectivity index (χ3v) is 5.20. The smallest absolute Gasteiger partial charge is 0.274 e. The monoisotopic (exact) mass is 345 g/mol. The molecule has 1 aromatic heterocycles. The van der Waals surface area contributed by atoms with E-state index in [0.29, 0.717) is 6.42 Å². The first-order valence-electron chi connectivity index (χ1n) is 6.85. The number of nitrogens with zero attached hydrogens (tertiary/aromatic N) is 2. The maximum Gasteiger partial charge on any atom is 0.416 e. The van der Waals surface area contributed by atoms with Crippen LogP contribution in [0.25, 0.3) is 0 Å². The van der Waals surface area contributed by atoms with Gasteiger partial charge in [0.1, 0.15) is 4.90 Å². The molecule has 1 aromatic carbocycles. The van der Waals surface area contributed by atoms with Crippen molar-refractivity contribution < 1.29 is 21.6 Å². The molecule has 3 rings (SSSR count). The molecular weight excluding hydrogens is 331 g/mol. The molecule has 0 radical (unpaired) electrons. The molecule has 1 saturated carbocycles. The number of sulfonamides is 1. The van der Waals surface area contributed by atoms with Gasteiger partial charge in [-0.15, -0.1) is 0 Å². The zero-order chi connectivity index (χ0) is 16.8. The Morgan fingerprint density at radius 1 is 1.30 bits per heavy atom. The number of alkyl halides is 3. The average molecular weight is 345 g/mol. The minimum absolute atomic E-state index is 0.00486. The van der Waals surface area contributed by atoms with Gasteiger partial charge in [-0.25, -0.2) is 13.1 Å². The third kappa shape index (κ3) is 3.25. The van der Waals surface area contributed by atoms with E-state index >= 15 is 0 Å². The Bertz CT molecular complexity index is 830. The SMILES string of the molecule is Cn1cc(S(=O)(=O)N[C@@H]2C[C@H]2c2ccccc2C(F)(F)F)cn1. The summed E-state index contributed by atoms with van der Waals surface area (Å²) in [4.78, 5) is -0.00486. The van der Waals surface area contributed by atoms with Crippen molar-refractivity contribution >= 4 is 10.0 Å². The van der Waals surface area contributed by atoms with Crippen molar-refractivity contribution in [1.82, 2.24) is 14.5 Å². The summed E-state index contributed by atoms with van der Waals surface area (Å²) < 4.78 is 67.2. The molecule has 0 saturated heterocycles. The van der Waals surface area contributed by atoms with Crippen molar-refractivity contribution in [2.75, 3.05) is 0 Å². The summed E-state index contributed by atoms with van der Waals surface area (Å²) in [6.07, 6.45) is -1.58. The van der Waals surface area contributed by atoms with Gasteiger partial charge in [0.15, 0.2) is 0 Å². The number of aryl methyl sites for hydroxylation is 1. The van der Waals surface area contributed by atoms with E-state index < -0.39 is 33.7 Å². The summed E-state index contributed by atoms with van der Waals surface area (Å²) in [7, 11) is -2.20. The number of hydrogen-bond donors (Lipinski definition) is 1. The first kappa shape index (κ1) is 16.0. The fraction of sp³-hybridized carbons (Fsp3) is 0.357. The summed E-state index contributed by atoms with van der Waals surface area (Å²) in [5, 5.41) is 3.78. The van der Waals surface area contributed by atoms with Crippen LogP contribution in [0.1, 0.15) is 23.5 Å². The van der Waals surface area contributed by atoms with E-state index in [1.807, 2.05) is 0 Å². The van der Waals surface area contributed by atoms with Gasteiger partial charge in [0.05, 0.1) is 11.8 Å². The van der Waals surface area contributed by atoms with E-state index in [1.54, 1.807) is 7.05 Å². The Morgan fingerprint density at radius 2 is 2.00 bits per heavy atom. The van der Waals surface area contributed by atoms with Crippen molar-refractivity contribution in [2.24, 2.45) is 7.05 Å². The number of rotatable bonds is 4. The molecule has 0 aliphatic heterocycles. The Morgan fingerprint density at radius 3 is 2.61 bits per heavy atom. The molecule has 2 aromatic rings. The van der Waals surface area contributed by atoms with Crippen molar-refractivity contribution in [2.45, 2.75) is 29.5 Å². The van der Waals surface area contributed by atoms with E-state index in [-0.39, 0.29) is 10.5 Å². The lowest BCUT2D eigenvalue weighted by molar-refractivity contribution is -0.138. The Labute approximate surface area is 131 Å². The molecule has 1 heterocycles. The van der Waals surface area contributed by atoms with Gasteiger partial charge < -0.3 is 0 Å². The fourth-order valence-corrected chi connectivity index (χ4v) is 3.82. The topological polar surface area (TPSA) is 64.0 Å². The molecule has 1 aliphatic rings. The largest absolute Gasteiger partial charge is 0.416 e. The molecule has 9 heteroatoms. The number of benzene rings is 1. The van der Waals surface area contributed by atoms with Crippen LogP contribution in [0.2, 0.25) is 0 Å². The maximum atomic E-state index is 13.0. The normalized spacial score (nSPS) is 21.4. The molecule has 124 valence electrons. The molecule has 0 amide bonds. The summed E-state index contributed by atoms with van der Waals surface area (Å²) >= 11 is 0. The van der Waals surface area contributed by atoms with Gasteiger partial charge in [-0.05, 0) is 18.1 Å². The number of hydrogen-bond acceptors (Lipinski definition) is 3. The van der Waals surface area contributed by atoms with E-state index in [2.05, 4.69) is 9.82 Å². The van der Waals surface area contributed by atoms with E-state index in [1.165, 1.54) is 35.3 Å². The predicted molar refractivity (Wildman–Crippen MR) is 76.1 cm³/mol. The molecule has 0 bridgehead atoms. The van der Waals surface area contributed by atoms with Gasteiger partial charge in [-0.1, -0.05) is 18.2 Å². The average Bonchev–Trinajstić information content (AvgIpc) is 3.05. The van der Waals surface area contributed by atoms with Gasteiger partial charge in [-0.3, -0.25) is 4.68 Å². The first-order valence-corrected chi connectivity index (χ1v) is 8.34. The Balaban J connectivity index is 1.79. The van der Waals surface area contributed by atoms with Gasteiger partial charge in [0, 0.05) is 25.2 Å². The predicted octanol–water partition coefficient (Wildman–Crippen LogP) is 2.27. The highest BCUT2D eigenvalue weighted by Crippen LogP contribution is 2.46. The van der Waals surface area contributed by atoms with Crippen molar-refractivity contribution in [3.8, 4) is 0 Å². The minimum Gasteiger partial charge on any atom is -0.274 e. The number of nitrogens with one attached hydrogen (secondary N) is 1. The zero-order valence-electron chi connectivity index (χ0n) is 12.1. The van der Waals surface area contributed by atoms with Crippen molar-refractivity contribution in [3.05, 3.63) is 47.8 Å². The van der Waals surface area contributed by atoms with Crippen LogP contribution >= 0.6 is 0 Å². The van der Waals surface area contributed by atoms with Gasteiger partial charge >= 0.3 is 6.18 Å². The van der Waals surface area contributed by atoms with Crippen LogP contribution in [0.15, 0.2) is 41.6 Å². The van der Waals surface area contributed by atoms with E-state index in [9.17, 15) is 21.6 Å². The lowest BCUT2D eigenvalue weighted by Gasteiger charge is -2.12. The molecule has 0 unspecified atom stereocenters. The second-order valence-corrected chi connectivity index (χ2v) is 7.22. The number of aromatic nitrogens is 2. The summed E-state index contributed by atoms with van der Waals surface area (Å²) in [5.74, 6) is -0.473. The van der Waals surface area contributed by atoms with Crippen molar-refractivity contribution in [1.29, 1.82) is 0 Å². The molecule has 1 N–H and O–H groups in total. The van der Waals surface area contributed by atoms with Crippen LogP contribution in [-0.4, -0.2) is 24.2 Å². The zero-order valence-corrected chi connectivity index (χ0v) is 12.9. The number of halogens is 3. The standard InChI is InChI=1S/C14H14F3N3O2S/c1-20-8-9(7-18-20)23(21,22)19-13-6-11(13)10-4-2-3-5-12(10)14(15,16)17/h2-5,7-8,11,13,19H,6H2,1H3/t11-,13+/m0/s1.